The minimum Gasteiger partial charge on any atom is -1.00 e. The van der Waals surface area contributed by atoms with Gasteiger partial charge in [-0.1, -0.05) is 0 Å². The summed E-state index contributed by atoms with van der Waals surface area (Å²) in [5.41, 5.74) is 0. The SMILES string of the molecule is O=[Si](O)O.[H-].[H-].[H-].[K+].[Li+].[Na+]. The molecule has 0 saturated heterocycles. The second-order valence-electron chi connectivity index (χ2n) is 0.283. The quantitative estimate of drug-likeness (QED) is 0.337. The van der Waals surface area contributed by atoms with E-state index in [0.717, 1.165) is 0 Å². The predicted octanol–water partition coefficient (Wildman–Crippen LogP) is -10.3. The van der Waals surface area contributed by atoms with E-state index in [2.05, 4.69) is 0 Å². The van der Waals surface area contributed by atoms with Crippen molar-refractivity contribution in [2.24, 2.45) is 0 Å². The molecule has 30 valence electrons. The average molecular weight is 150 g/mol. The molecule has 0 aromatic carbocycles. The van der Waals surface area contributed by atoms with Gasteiger partial charge in [-0.2, -0.15) is 0 Å². The molecule has 0 aliphatic heterocycles. The monoisotopic (exact) mass is 150 g/mol. The van der Waals surface area contributed by atoms with Crippen LogP contribution in [0.4, 0.5) is 0 Å². The van der Waals surface area contributed by atoms with Crippen molar-refractivity contribution in [2.45, 2.75) is 0 Å². The maximum Gasteiger partial charge on any atom is 1.00 e. The normalized spacial score (nSPS) is 3.43. The molecule has 0 fully saturated rings. The molecule has 0 radical (unpaired) electrons. The van der Waals surface area contributed by atoms with Crippen LogP contribution in [-0.4, -0.2) is 18.8 Å². The van der Waals surface area contributed by atoms with Gasteiger partial charge >= 0.3 is 109 Å². The minimum absolute atomic E-state index is 0. The third kappa shape index (κ3) is 51.1. The standard InChI is InChI=1S/K.Li.Na.H2O3Si.3H/c;;;1-4(2)3;;;/h;;;1-2H;;;/q3*+1;;3*-1. The fourth-order valence-corrected chi connectivity index (χ4v) is 0. The zero-order valence-corrected chi connectivity index (χ0v) is 10.9. The van der Waals surface area contributed by atoms with E-state index in [9.17, 15) is 0 Å². The Bertz CT molecular complexity index is 46.7. The molecular weight excluding hydrogens is 145 g/mol. The average Bonchev–Trinajstić information content (AvgIpc) is 0.811. The molecule has 0 unspecified atom stereocenters. The van der Waals surface area contributed by atoms with Gasteiger partial charge in [0.2, 0.25) is 0 Å². The summed E-state index contributed by atoms with van der Waals surface area (Å²) in [6.07, 6.45) is 0. The second kappa shape index (κ2) is 15.9. The molecule has 0 aliphatic rings. The van der Waals surface area contributed by atoms with Crippen LogP contribution in [0.5, 0.6) is 0 Å². The molecule has 0 rings (SSSR count). The van der Waals surface area contributed by atoms with Gasteiger partial charge in [0.1, 0.15) is 0 Å². The van der Waals surface area contributed by atoms with Gasteiger partial charge in [-0.25, -0.2) is 0 Å². The summed E-state index contributed by atoms with van der Waals surface area (Å²) in [7, 11) is -3.13. The van der Waals surface area contributed by atoms with Gasteiger partial charge in [-0.05, 0) is 0 Å². The molecule has 3 nitrogen and oxygen atoms in total. The largest absolute Gasteiger partial charge is 1.00 e. The van der Waals surface area contributed by atoms with Crippen LogP contribution in [0.1, 0.15) is 4.28 Å². The Kier molecular flexibility index (Phi) is 51.3. The van der Waals surface area contributed by atoms with Crippen LogP contribution in [-0.2, 0) is 4.46 Å². The van der Waals surface area contributed by atoms with Gasteiger partial charge in [0.15, 0.2) is 0 Å². The van der Waals surface area contributed by atoms with E-state index in [-0.39, 0.29) is 104 Å². The van der Waals surface area contributed by atoms with E-state index in [0.29, 0.717) is 0 Å². The summed E-state index contributed by atoms with van der Waals surface area (Å²) in [6.45, 7) is 0. The van der Waals surface area contributed by atoms with Crippen LogP contribution in [0.25, 0.3) is 0 Å². The minimum atomic E-state index is -3.13. The molecular formula is H5KLiNaO3Si. The van der Waals surface area contributed by atoms with Crippen molar-refractivity contribution in [1.82, 2.24) is 0 Å². The molecule has 0 aromatic heterocycles. The Morgan fingerprint density at radius 1 is 1.43 bits per heavy atom. The predicted molar refractivity (Wildman–Crippen MR) is 14.2 cm³/mol. The molecule has 0 amide bonds. The summed E-state index contributed by atoms with van der Waals surface area (Å²) in [6, 6.07) is 0. The van der Waals surface area contributed by atoms with Crippen LogP contribution >= 0.6 is 0 Å². The van der Waals surface area contributed by atoms with Crippen LogP contribution in [0.3, 0.4) is 0 Å². The molecule has 0 bridgehead atoms. The summed E-state index contributed by atoms with van der Waals surface area (Å²) >= 11 is 0. The van der Waals surface area contributed by atoms with Crippen molar-refractivity contribution in [2.75, 3.05) is 0 Å². The molecule has 0 heterocycles. The van der Waals surface area contributed by atoms with Gasteiger partial charge in [0.25, 0.3) is 0 Å². The topological polar surface area (TPSA) is 57.5 Å². The number of hydrogen-bond acceptors (Lipinski definition) is 1. The first kappa shape index (κ1) is 22.5. The van der Waals surface area contributed by atoms with Crippen molar-refractivity contribution >= 4 is 9.17 Å². The first-order valence-electron chi connectivity index (χ1n) is 0.651. The first-order valence-corrected chi connectivity index (χ1v) is 1.95. The van der Waals surface area contributed by atoms with E-state index in [4.69, 9.17) is 14.1 Å². The molecule has 0 saturated carbocycles. The third-order valence-corrected chi connectivity index (χ3v) is 0. The van der Waals surface area contributed by atoms with Crippen molar-refractivity contribution in [3.8, 4) is 0 Å². The van der Waals surface area contributed by atoms with E-state index >= 15 is 0 Å². The Hall–Kier alpha value is 2.85. The van der Waals surface area contributed by atoms with Crippen LogP contribution in [0, 0.1) is 0 Å². The maximum atomic E-state index is 8.74. The zero-order chi connectivity index (χ0) is 3.58. The van der Waals surface area contributed by atoms with E-state index in [1.807, 2.05) is 0 Å². The van der Waals surface area contributed by atoms with Crippen molar-refractivity contribution in [3.63, 3.8) is 0 Å². The molecule has 7 heavy (non-hydrogen) atoms. The summed E-state index contributed by atoms with van der Waals surface area (Å²) < 4.78 is 8.74. The Balaban J connectivity index is -0.00000000300. The van der Waals surface area contributed by atoms with Crippen LogP contribution < -0.4 is 99.8 Å². The third-order valence-electron chi connectivity index (χ3n) is 0. The molecule has 7 heteroatoms. The first-order chi connectivity index (χ1) is 1.73. The number of hydrogen-bond donors (Lipinski definition) is 2. The number of rotatable bonds is 0. The van der Waals surface area contributed by atoms with E-state index < -0.39 is 9.17 Å². The van der Waals surface area contributed by atoms with Gasteiger partial charge < -0.3 is 13.9 Å². The molecule has 0 spiro atoms. The van der Waals surface area contributed by atoms with Crippen molar-refractivity contribution in [1.29, 1.82) is 0 Å². The second-order valence-corrected chi connectivity index (χ2v) is 0.848. The zero-order valence-electron chi connectivity index (χ0n) is 7.80. The Morgan fingerprint density at radius 2 is 1.43 bits per heavy atom. The fraction of sp³-hybridized carbons (Fsp3) is 0. The van der Waals surface area contributed by atoms with Crippen molar-refractivity contribution < 1.29 is 118 Å². The van der Waals surface area contributed by atoms with Gasteiger partial charge in [0, 0.05) is 0 Å². The molecule has 0 aliphatic carbocycles. The van der Waals surface area contributed by atoms with Gasteiger partial charge in [0.05, 0.1) is 0 Å². The Morgan fingerprint density at radius 3 is 1.43 bits per heavy atom. The Labute approximate surface area is 125 Å². The van der Waals surface area contributed by atoms with Crippen LogP contribution in [0.2, 0.25) is 0 Å². The van der Waals surface area contributed by atoms with E-state index in [1.54, 1.807) is 0 Å². The maximum absolute atomic E-state index is 8.74. The van der Waals surface area contributed by atoms with Crippen molar-refractivity contribution in [3.05, 3.63) is 0 Å². The van der Waals surface area contributed by atoms with E-state index in [1.165, 1.54) is 0 Å². The van der Waals surface area contributed by atoms with Gasteiger partial charge in [-0.15, -0.1) is 0 Å². The molecule has 2 N–H and O–H groups in total. The van der Waals surface area contributed by atoms with Crippen LogP contribution in [0.15, 0.2) is 0 Å². The fourth-order valence-electron chi connectivity index (χ4n) is 0. The van der Waals surface area contributed by atoms with Gasteiger partial charge in [-0.3, -0.25) is 4.46 Å². The molecule has 0 aromatic rings. The smallest absolute Gasteiger partial charge is 1.00 e. The molecule has 0 atom stereocenters. The summed E-state index contributed by atoms with van der Waals surface area (Å²) in [5, 5.41) is 0. The summed E-state index contributed by atoms with van der Waals surface area (Å²) in [4.78, 5) is 14.3. The summed E-state index contributed by atoms with van der Waals surface area (Å²) in [5.74, 6) is 0.